The third kappa shape index (κ3) is 18.1. The van der Waals surface area contributed by atoms with Gasteiger partial charge in [0.15, 0.2) is 0 Å². The molecule has 300 valence electrons. The van der Waals surface area contributed by atoms with Crippen molar-refractivity contribution in [1.82, 2.24) is 0 Å². The third-order valence-electron chi connectivity index (χ3n) is 12.0. The lowest BCUT2D eigenvalue weighted by molar-refractivity contribution is -0.0782. The second-order valence-electron chi connectivity index (χ2n) is 15.6. The fourth-order valence-electron chi connectivity index (χ4n) is 9.33. The summed E-state index contributed by atoms with van der Waals surface area (Å²) in [4.78, 5) is 0. The van der Waals surface area contributed by atoms with Gasteiger partial charge < -0.3 is 0 Å². The first-order valence-corrected chi connectivity index (χ1v) is 22.5. The molecule has 4 aliphatic rings. The molecule has 4 rings (SSSR count). The molecule has 4 saturated carbocycles. The molecule has 4 aliphatic carbocycles. The zero-order chi connectivity index (χ0) is 40.1. The van der Waals surface area contributed by atoms with Crippen LogP contribution in [-0.4, -0.2) is 0 Å². The van der Waals surface area contributed by atoms with Crippen molar-refractivity contribution in [3.8, 4) is 0 Å². The maximum atomic E-state index is 4.38. The Kier molecular flexibility index (Phi) is 36.3. The molecular formula is C50H100. The van der Waals surface area contributed by atoms with Crippen LogP contribution in [0.4, 0.5) is 0 Å². The van der Waals surface area contributed by atoms with Crippen LogP contribution >= 0.6 is 0 Å². The number of hydrogen-bond acceptors (Lipinski definition) is 0. The maximum absolute atomic E-state index is 4.38. The molecule has 0 saturated heterocycles. The van der Waals surface area contributed by atoms with E-state index >= 15 is 0 Å². The van der Waals surface area contributed by atoms with Crippen molar-refractivity contribution in [2.24, 2.45) is 52.3 Å². The average molecular weight is 701 g/mol. The van der Waals surface area contributed by atoms with E-state index in [4.69, 9.17) is 0 Å². The average Bonchev–Trinajstić information content (AvgIpc) is 3.49. The van der Waals surface area contributed by atoms with Crippen molar-refractivity contribution in [2.45, 2.75) is 222 Å². The fraction of sp³-hybridized carbons (Fsp3) is 0.840. The molecule has 0 bridgehead atoms. The van der Waals surface area contributed by atoms with Gasteiger partial charge in [-0.15, -0.1) is 0 Å². The van der Waals surface area contributed by atoms with Gasteiger partial charge in [-0.1, -0.05) is 191 Å². The van der Waals surface area contributed by atoms with Gasteiger partial charge in [0.1, 0.15) is 0 Å². The minimum Gasteiger partial charge on any atom is -0.0998 e. The first kappa shape index (κ1) is 55.7. The first-order chi connectivity index (χ1) is 23.8. The lowest BCUT2D eigenvalue weighted by Gasteiger charge is -2.58. The lowest BCUT2D eigenvalue weighted by Crippen LogP contribution is -2.49. The van der Waals surface area contributed by atoms with Gasteiger partial charge in [-0.25, -0.2) is 0 Å². The largest absolute Gasteiger partial charge is 0.0998 e. The molecule has 7 unspecified atom stereocenters. The normalized spacial score (nSPS) is 28.2. The summed E-state index contributed by atoms with van der Waals surface area (Å²) in [5.74, 6) is 6.75. The molecule has 4 fully saturated rings. The van der Waals surface area contributed by atoms with Crippen LogP contribution in [-0.2, 0) is 0 Å². The van der Waals surface area contributed by atoms with Crippen LogP contribution in [0.5, 0.6) is 0 Å². The predicted octanol–water partition coefficient (Wildman–Crippen LogP) is 18.3. The van der Waals surface area contributed by atoms with Crippen LogP contribution in [0.25, 0.3) is 0 Å². The quantitative estimate of drug-likeness (QED) is 0.191. The minimum absolute atomic E-state index is 0.588. The zero-order valence-corrected chi connectivity index (χ0v) is 38.9. The highest BCUT2D eigenvalue weighted by atomic mass is 14.6. The van der Waals surface area contributed by atoms with Crippen molar-refractivity contribution in [3.05, 3.63) is 48.1 Å². The van der Waals surface area contributed by atoms with E-state index in [2.05, 4.69) is 101 Å². The topological polar surface area (TPSA) is 0 Å². The molecule has 0 N–H and O–H groups in total. The molecule has 7 atom stereocenters. The van der Waals surface area contributed by atoms with Crippen LogP contribution < -0.4 is 0 Å². The standard InChI is InChI=1S/C25H42.C11H18.2C3H8.4C2H6/c1-6-25(7-2)15-13-19-18(16-25)8-9-21-20(19)12-14-24(5)22(17(3)4)10-11-23(21)24;1-9(2)7-6-8-11(5)10(3)4;2*1-3-2;4*1-2/h18-23H,3,6-16H2,1-2,4-5H3;6-8,10H,1H2,2-5H3;2*3H2,1-2H3;4*1-2H3/b;7-6-,11-8+;;;;;;. The van der Waals surface area contributed by atoms with Crippen LogP contribution in [0.2, 0.25) is 0 Å². The Labute approximate surface area is 321 Å². The Morgan fingerprint density at radius 3 is 1.56 bits per heavy atom. The van der Waals surface area contributed by atoms with E-state index in [1.165, 1.54) is 68.9 Å². The maximum Gasteiger partial charge on any atom is -0.0152 e. The Balaban J connectivity index is -0.000000355. The number of allylic oxidation sites excluding steroid dienone is 6. The van der Waals surface area contributed by atoms with Gasteiger partial charge in [0, 0.05) is 0 Å². The highest BCUT2D eigenvalue weighted by molar-refractivity contribution is 5.20. The Morgan fingerprint density at radius 2 is 1.14 bits per heavy atom. The van der Waals surface area contributed by atoms with Gasteiger partial charge in [0.05, 0.1) is 0 Å². The lowest BCUT2D eigenvalue weighted by atomic mass is 9.47. The summed E-state index contributed by atoms with van der Waals surface area (Å²) in [6.45, 7) is 51.1. The minimum atomic E-state index is 0.588. The predicted molar refractivity (Wildman–Crippen MR) is 238 cm³/mol. The van der Waals surface area contributed by atoms with E-state index in [9.17, 15) is 0 Å². The monoisotopic (exact) mass is 701 g/mol. The molecule has 0 nitrogen and oxygen atoms in total. The molecule has 0 aromatic heterocycles. The molecule has 0 heteroatoms. The molecule has 0 aromatic rings. The molecule has 0 spiro atoms. The van der Waals surface area contributed by atoms with Gasteiger partial charge in [0.2, 0.25) is 0 Å². The van der Waals surface area contributed by atoms with Crippen molar-refractivity contribution in [1.29, 1.82) is 0 Å². The zero-order valence-electron chi connectivity index (χ0n) is 38.9. The second kappa shape index (κ2) is 32.6. The molecule has 0 aliphatic heterocycles. The van der Waals surface area contributed by atoms with Crippen molar-refractivity contribution < 1.29 is 0 Å². The van der Waals surface area contributed by atoms with Crippen molar-refractivity contribution >= 4 is 0 Å². The van der Waals surface area contributed by atoms with E-state index in [-0.39, 0.29) is 0 Å². The van der Waals surface area contributed by atoms with E-state index in [1.54, 1.807) is 25.7 Å². The van der Waals surface area contributed by atoms with Crippen molar-refractivity contribution in [2.75, 3.05) is 0 Å². The van der Waals surface area contributed by atoms with Gasteiger partial charge in [-0.3, -0.25) is 0 Å². The summed E-state index contributed by atoms with van der Waals surface area (Å²) in [7, 11) is 0. The van der Waals surface area contributed by atoms with E-state index in [0.717, 1.165) is 41.1 Å². The fourth-order valence-corrected chi connectivity index (χ4v) is 9.33. The molecule has 0 radical (unpaired) electrons. The first-order valence-electron chi connectivity index (χ1n) is 22.5. The molecular weight excluding hydrogens is 601 g/mol. The van der Waals surface area contributed by atoms with Gasteiger partial charge in [-0.2, -0.15) is 0 Å². The summed E-state index contributed by atoms with van der Waals surface area (Å²) in [5.41, 5.74) is 5.27. The van der Waals surface area contributed by atoms with Crippen molar-refractivity contribution in [3.63, 3.8) is 0 Å². The number of fused-ring (bicyclic) bond motifs is 5. The van der Waals surface area contributed by atoms with Gasteiger partial charge in [-0.05, 0) is 131 Å². The SMILES string of the molecule is C=C(C)/C=C\C=C(/C)C(C)C.C=C(C)C1CCC2C3CCC4CC(CC)(CC)CCC4C3CCC12C.CC.CC.CC.CC.CCC.CCC. The number of rotatable bonds is 6. The molecule has 0 heterocycles. The van der Waals surface area contributed by atoms with E-state index in [1.807, 2.05) is 68.4 Å². The van der Waals surface area contributed by atoms with Gasteiger partial charge >= 0.3 is 0 Å². The Hall–Kier alpha value is -1.04. The smallest absolute Gasteiger partial charge is 0.0152 e. The molecule has 50 heavy (non-hydrogen) atoms. The second-order valence-corrected chi connectivity index (χ2v) is 15.6. The van der Waals surface area contributed by atoms with E-state index in [0.29, 0.717) is 16.7 Å². The van der Waals surface area contributed by atoms with Gasteiger partial charge in [0.25, 0.3) is 0 Å². The summed E-state index contributed by atoms with van der Waals surface area (Å²) >= 11 is 0. The molecule has 0 amide bonds. The van der Waals surface area contributed by atoms with Crippen LogP contribution in [0.3, 0.4) is 0 Å². The summed E-state index contributed by atoms with van der Waals surface area (Å²) < 4.78 is 0. The Bertz CT molecular complexity index is 845. The van der Waals surface area contributed by atoms with Crippen LogP contribution in [0.15, 0.2) is 48.1 Å². The Morgan fingerprint density at radius 1 is 0.660 bits per heavy atom. The van der Waals surface area contributed by atoms with Crippen LogP contribution in [0.1, 0.15) is 222 Å². The summed E-state index contributed by atoms with van der Waals surface area (Å²) in [5, 5.41) is 0. The highest BCUT2D eigenvalue weighted by Gasteiger charge is 2.57. The third-order valence-corrected chi connectivity index (χ3v) is 12.0. The molecule has 0 aromatic carbocycles. The summed E-state index contributed by atoms with van der Waals surface area (Å²) in [6, 6.07) is 0. The summed E-state index contributed by atoms with van der Waals surface area (Å²) in [6.07, 6.45) is 25.3. The van der Waals surface area contributed by atoms with E-state index < -0.39 is 0 Å². The number of hydrogen-bond donors (Lipinski definition) is 0. The van der Waals surface area contributed by atoms with Crippen LogP contribution in [0, 0.1) is 52.3 Å². The highest BCUT2D eigenvalue weighted by Crippen LogP contribution is 2.66.